The van der Waals surface area contributed by atoms with Crippen molar-refractivity contribution in [2.45, 2.75) is 39.7 Å². The number of thiophene rings is 1. The van der Waals surface area contributed by atoms with Gasteiger partial charge < -0.3 is 5.32 Å². The monoisotopic (exact) mass is 422 g/mol. The molecule has 3 rings (SSSR count). The van der Waals surface area contributed by atoms with E-state index in [-0.39, 0.29) is 41.5 Å². The van der Waals surface area contributed by atoms with Gasteiger partial charge in [-0.3, -0.25) is 28.6 Å². The van der Waals surface area contributed by atoms with Crippen LogP contribution in [0, 0.1) is 6.92 Å². The van der Waals surface area contributed by atoms with Crippen molar-refractivity contribution in [3.8, 4) is 0 Å². The second-order valence-electron chi connectivity index (χ2n) is 6.54. The van der Waals surface area contributed by atoms with Crippen LogP contribution in [0.15, 0.2) is 11.1 Å². The molecule has 0 bridgehead atoms. The lowest BCUT2D eigenvalue weighted by Crippen LogP contribution is -2.37. The van der Waals surface area contributed by atoms with Gasteiger partial charge in [-0.2, -0.15) is 0 Å². The van der Waals surface area contributed by atoms with E-state index in [1.54, 1.807) is 17.8 Å². The van der Waals surface area contributed by atoms with E-state index >= 15 is 0 Å². The molecule has 0 aromatic carbocycles. The van der Waals surface area contributed by atoms with Crippen LogP contribution in [0.3, 0.4) is 0 Å². The first-order valence-corrected chi connectivity index (χ1v) is 11.0. The topological polar surface area (TPSA) is 101 Å². The summed E-state index contributed by atoms with van der Waals surface area (Å²) in [5.74, 6) is -0.419. The number of fused-ring (bicyclic) bond motifs is 1. The van der Waals surface area contributed by atoms with Crippen LogP contribution < -0.4 is 10.9 Å². The van der Waals surface area contributed by atoms with Crippen LogP contribution in [-0.2, 0) is 11.3 Å². The van der Waals surface area contributed by atoms with Crippen LogP contribution in [0.2, 0.25) is 0 Å². The van der Waals surface area contributed by atoms with E-state index < -0.39 is 0 Å². The minimum absolute atomic E-state index is 0.126. The van der Waals surface area contributed by atoms with E-state index in [4.69, 9.17) is 0 Å². The Balaban J connectivity index is 1.72. The van der Waals surface area contributed by atoms with Crippen molar-refractivity contribution >= 4 is 50.4 Å². The minimum Gasteiger partial charge on any atom is -0.350 e. The third-order valence-electron chi connectivity index (χ3n) is 4.59. The molecule has 1 aliphatic heterocycles. The van der Waals surface area contributed by atoms with Gasteiger partial charge in [-0.15, -0.1) is 11.3 Å². The largest absolute Gasteiger partial charge is 0.350 e. The second-order valence-corrected chi connectivity index (χ2v) is 8.47. The van der Waals surface area contributed by atoms with E-state index in [0.717, 1.165) is 35.9 Å². The van der Waals surface area contributed by atoms with Crippen molar-refractivity contribution in [2.24, 2.45) is 0 Å². The summed E-state index contributed by atoms with van der Waals surface area (Å²) < 4.78 is 1.60. The maximum absolute atomic E-state index is 12.8. The van der Waals surface area contributed by atoms with E-state index in [0.29, 0.717) is 27.2 Å². The first-order chi connectivity index (χ1) is 13.4. The Hall–Kier alpha value is -2.20. The summed E-state index contributed by atoms with van der Waals surface area (Å²) in [5.41, 5.74) is 0.489. The molecule has 0 spiro atoms. The molecule has 150 valence electrons. The predicted octanol–water partition coefficient (Wildman–Crippen LogP) is 2.38. The number of rotatable bonds is 8. The highest BCUT2D eigenvalue weighted by molar-refractivity contribution is 8.14. The smallest absolute Gasteiger partial charge is 0.288 e. The van der Waals surface area contributed by atoms with Crippen molar-refractivity contribution in [2.75, 3.05) is 18.8 Å². The molecule has 10 heteroatoms. The van der Waals surface area contributed by atoms with E-state index in [1.165, 1.54) is 11.3 Å². The molecule has 2 aromatic heterocycles. The average Bonchev–Trinajstić information content (AvgIpc) is 3.18. The molecule has 1 N–H and O–H groups in total. The Kier molecular flexibility index (Phi) is 6.50. The number of carbonyl (C=O) groups is 3. The van der Waals surface area contributed by atoms with Gasteiger partial charge in [-0.25, -0.2) is 4.98 Å². The Morgan fingerprint density at radius 1 is 1.25 bits per heavy atom. The third-order valence-corrected chi connectivity index (χ3v) is 6.64. The number of thioether (sulfide) groups is 1. The van der Waals surface area contributed by atoms with Gasteiger partial charge in [-0.05, 0) is 18.9 Å². The lowest BCUT2D eigenvalue weighted by molar-refractivity contribution is -0.124. The van der Waals surface area contributed by atoms with Crippen molar-refractivity contribution < 1.29 is 14.4 Å². The highest BCUT2D eigenvalue weighted by atomic mass is 32.2. The maximum atomic E-state index is 12.8. The van der Waals surface area contributed by atoms with Gasteiger partial charge in [0.1, 0.15) is 4.83 Å². The summed E-state index contributed by atoms with van der Waals surface area (Å²) in [6, 6.07) is 0. The zero-order valence-corrected chi connectivity index (χ0v) is 17.5. The summed E-state index contributed by atoms with van der Waals surface area (Å²) in [6.45, 7) is 4.77. The molecule has 3 amide bonds. The zero-order valence-electron chi connectivity index (χ0n) is 15.8. The fraction of sp³-hybridized carbons (Fsp3) is 0.500. The Morgan fingerprint density at radius 2 is 2.04 bits per heavy atom. The SMILES string of the molecule is CCCCCn1cnc2sc(C(=O)NCCN3C(=O)CSC3=O)c(C)c2c1=O. The van der Waals surface area contributed by atoms with Crippen LogP contribution in [0.25, 0.3) is 10.2 Å². The molecule has 0 radical (unpaired) electrons. The highest BCUT2D eigenvalue weighted by Crippen LogP contribution is 2.26. The molecular weight excluding hydrogens is 400 g/mol. The Bertz CT molecular complexity index is 966. The number of imide groups is 1. The summed E-state index contributed by atoms with van der Waals surface area (Å²) in [6.07, 6.45) is 4.56. The number of aromatic nitrogens is 2. The normalized spacial score (nSPS) is 14.3. The quantitative estimate of drug-likeness (QED) is 0.656. The van der Waals surface area contributed by atoms with Crippen molar-refractivity contribution in [3.05, 3.63) is 27.1 Å². The zero-order chi connectivity index (χ0) is 20.3. The lowest BCUT2D eigenvalue weighted by atomic mass is 10.2. The lowest BCUT2D eigenvalue weighted by Gasteiger charge is -2.12. The summed E-state index contributed by atoms with van der Waals surface area (Å²) in [4.78, 5) is 54.9. The van der Waals surface area contributed by atoms with Crippen LogP contribution in [0.4, 0.5) is 4.79 Å². The molecule has 0 aliphatic carbocycles. The van der Waals surface area contributed by atoms with Crippen LogP contribution in [-0.4, -0.2) is 50.3 Å². The molecular formula is C18H22N4O4S2. The van der Waals surface area contributed by atoms with Crippen LogP contribution in [0.5, 0.6) is 0 Å². The molecule has 1 fully saturated rings. The number of carbonyl (C=O) groups excluding carboxylic acids is 3. The average molecular weight is 423 g/mol. The fourth-order valence-electron chi connectivity index (χ4n) is 3.03. The number of hydrogen-bond donors (Lipinski definition) is 1. The minimum atomic E-state index is -0.329. The number of nitrogens with one attached hydrogen (secondary N) is 1. The standard InChI is InChI=1S/C18H22N4O4S2/c1-3-4-5-7-21-10-20-16-13(17(21)25)11(2)14(28-16)15(24)19-6-8-22-12(23)9-27-18(22)26/h10H,3-9H2,1-2H3,(H,19,24). The molecule has 3 heterocycles. The van der Waals surface area contributed by atoms with E-state index in [2.05, 4.69) is 17.2 Å². The molecule has 2 aromatic rings. The number of hydrogen-bond acceptors (Lipinski definition) is 7. The van der Waals surface area contributed by atoms with Gasteiger partial charge in [0.15, 0.2) is 0 Å². The van der Waals surface area contributed by atoms with Gasteiger partial charge in [0.05, 0.1) is 22.3 Å². The molecule has 1 saturated heterocycles. The first-order valence-electron chi connectivity index (χ1n) is 9.18. The van der Waals surface area contributed by atoms with Crippen molar-refractivity contribution in [1.82, 2.24) is 19.8 Å². The summed E-state index contributed by atoms with van der Waals surface area (Å²) in [5, 5.41) is 2.92. The molecule has 28 heavy (non-hydrogen) atoms. The summed E-state index contributed by atoms with van der Waals surface area (Å²) >= 11 is 2.14. The fourth-order valence-corrected chi connectivity index (χ4v) is 4.83. The van der Waals surface area contributed by atoms with Gasteiger partial charge in [0.2, 0.25) is 5.91 Å². The highest BCUT2D eigenvalue weighted by Gasteiger charge is 2.29. The van der Waals surface area contributed by atoms with Gasteiger partial charge >= 0.3 is 0 Å². The van der Waals surface area contributed by atoms with Gasteiger partial charge in [-0.1, -0.05) is 31.5 Å². The Labute approximate surface area is 170 Å². The van der Waals surface area contributed by atoms with Gasteiger partial charge in [0, 0.05) is 19.6 Å². The third kappa shape index (κ3) is 4.12. The Morgan fingerprint density at radius 3 is 2.71 bits per heavy atom. The number of amides is 3. The molecule has 0 atom stereocenters. The second kappa shape index (κ2) is 8.87. The number of nitrogens with zero attached hydrogens (tertiary/aromatic N) is 3. The molecule has 8 nitrogen and oxygen atoms in total. The van der Waals surface area contributed by atoms with Crippen molar-refractivity contribution in [1.29, 1.82) is 0 Å². The van der Waals surface area contributed by atoms with E-state index in [9.17, 15) is 19.2 Å². The molecule has 1 aliphatic rings. The number of aryl methyl sites for hydroxylation is 2. The predicted molar refractivity (Wildman–Crippen MR) is 110 cm³/mol. The maximum Gasteiger partial charge on any atom is 0.288 e. The van der Waals surface area contributed by atoms with Crippen LogP contribution >= 0.6 is 23.1 Å². The van der Waals surface area contributed by atoms with Crippen LogP contribution in [0.1, 0.15) is 41.4 Å². The molecule has 0 saturated carbocycles. The molecule has 0 unspecified atom stereocenters. The number of unbranched alkanes of at least 4 members (excludes halogenated alkanes) is 2. The van der Waals surface area contributed by atoms with Crippen molar-refractivity contribution in [3.63, 3.8) is 0 Å². The first kappa shape index (κ1) is 20.5. The van der Waals surface area contributed by atoms with E-state index in [1.807, 2.05) is 0 Å². The summed E-state index contributed by atoms with van der Waals surface area (Å²) in [7, 11) is 0. The van der Waals surface area contributed by atoms with Gasteiger partial charge in [0.25, 0.3) is 16.7 Å².